The summed E-state index contributed by atoms with van der Waals surface area (Å²) in [6.45, 7) is 0. The first kappa shape index (κ1) is 13.3. The lowest BCUT2D eigenvalue weighted by atomic mass is 9.97. The van der Waals surface area contributed by atoms with Crippen LogP contribution in [0.5, 0.6) is 5.75 Å². The smallest absolute Gasteiger partial charge is 0.164 e. The fourth-order valence-electron chi connectivity index (χ4n) is 2.50. The number of phenols is 1. The van der Waals surface area contributed by atoms with Gasteiger partial charge in [-0.1, -0.05) is 30.3 Å². The number of hydrogen-bond donors (Lipinski definition) is 1. The van der Waals surface area contributed by atoms with Crippen LogP contribution in [0, 0.1) is 0 Å². The molecule has 0 radical (unpaired) electrons. The van der Waals surface area contributed by atoms with Crippen molar-refractivity contribution in [2.75, 3.05) is 0 Å². The topological polar surface area (TPSA) is 50.2 Å². The van der Waals surface area contributed by atoms with E-state index in [1.54, 1.807) is 30.6 Å². The van der Waals surface area contributed by atoms with Gasteiger partial charge in [-0.25, -0.2) is 0 Å². The maximum Gasteiger partial charge on any atom is 0.164 e. The number of carbonyl (C=O) groups excluding carboxylic acids is 1. The standard InChI is InChI=1S/C18H15NO2/c20-17(14-5-3-11-19-12-14)10-8-16-15-6-2-1-4-13(15)7-9-18(16)21/h1-7,9,11-12,21H,8,10H2. The van der Waals surface area contributed by atoms with Crippen molar-refractivity contribution in [3.63, 3.8) is 0 Å². The lowest BCUT2D eigenvalue weighted by molar-refractivity contribution is 0.0982. The number of pyridine rings is 1. The normalized spacial score (nSPS) is 10.7. The highest BCUT2D eigenvalue weighted by atomic mass is 16.3. The van der Waals surface area contributed by atoms with Gasteiger partial charge in [0.2, 0.25) is 0 Å². The van der Waals surface area contributed by atoms with E-state index in [4.69, 9.17) is 0 Å². The van der Waals surface area contributed by atoms with Gasteiger partial charge in [0.05, 0.1) is 0 Å². The van der Waals surface area contributed by atoms with Crippen molar-refractivity contribution in [3.8, 4) is 5.75 Å². The summed E-state index contributed by atoms with van der Waals surface area (Å²) in [5.74, 6) is 0.281. The number of nitrogens with zero attached hydrogens (tertiary/aromatic N) is 1. The third-order valence-electron chi connectivity index (χ3n) is 3.60. The molecule has 3 rings (SSSR count). The molecule has 0 aliphatic carbocycles. The first-order valence-electron chi connectivity index (χ1n) is 6.88. The molecule has 0 amide bonds. The summed E-state index contributed by atoms with van der Waals surface area (Å²) in [6.07, 6.45) is 4.09. The van der Waals surface area contributed by atoms with Crippen LogP contribution in [0.2, 0.25) is 0 Å². The van der Waals surface area contributed by atoms with Crippen molar-refractivity contribution in [1.29, 1.82) is 0 Å². The van der Waals surface area contributed by atoms with E-state index in [0.29, 0.717) is 18.4 Å². The van der Waals surface area contributed by atoms with Crippen LogP contribution in [0.1, 0.15) is 22.3 Å². The van der Waals surface area contributed by atoms with E-state index in [0.717, 1.165) is 16.3 Å². The van der Waals surface area contributed by atoms with Crippen LogP contribution in [0.15, 0.2) is 60.9 Å². The number of carbonyl (C=O) groups is 1. The molecule has 3 aromatic rings. The molecular formula is C18H15NO2. The largest absolute Gasteiger partial charge is 0.508 e. The van der Waals surface area contributed by atoms with Crippen LogP contribution in [0.25, 0.3) is 10.8 Å². The minimum absolute atomic E-state index is 0.0374. The van der Waals surface area contributed by atoms with E-state index in [-0.39, 0.29) is 11.5 Å². The van der Waals surface area contributed by atoms with Crippen LogP contribution in [0.4, 0.5) is 0 Å². The molecule has 0 bridgehead atoms. The van der Waals surface area contributed by atoms with Gasteiger partial charge in [0.25, 0.3) is 0 Å². The Balaban J connectivity index is 1.86. The molecule has 3 heteroatoms. The fraction of sp³-hybridized carbons (Fsp3) is 0.111. The van der Waals surface area contributed by atoms with Crippen LogP contribution in [-0.4, -0.2) is 15.9 Å². The monoisotopic (exact) mass is 277 g/mol. The highest BCUT2D eigenvalue weighted by Gasteiger charge is 2.11. The third-order valence-corrected chi connectivity index (χ3v) is 3.60. The first-order chi connectivity index (χ1) is 10.3. The number of aromatic nitrogens is 1. The molecule has 104 valence electrons. The number of benzene rings is 2. The van der Waals surface area contributed by atoms with E-state index >= 15 is 0 Å². The maximum atomic E-state index is 12.1. The molecule has 0 aliphatic rings. The maximum absolute atomic E-state index is 12.1. The summed E-state index contributed by atoms with van der Waals surface area (Å²) in [4.78, 5) is 16.1. The molecule has 0 fully saturated rings. The van der Waals surface area contributed by atoms with E-state index < -0.39 is 0 Å². The van der Waals surface area contributed by atoms with E-state index in [1.165, 1.54) is 0 Å². The summed E-state index contributed by atoms with van der Waals surface area (Å²) in [7, 11) is 0. The van der Waals surface area contributed by atoms with Gasteiger partial charge in [0, 0.05) is 29.9 Å². The molecule has 0 unspecified atom stereocenters. The molecule has 0 saturated heterocycles. The van der Waals surface area contributed by atoms with E-state index in [9.17, 15) is 9.90 Å². The van der Waals surface area contributed by atoms with E-state index in [1.807, 2.05) is 30.3 Å². The predicted octanol–water partition coefficient (Wildman–Crippen LogP) is 3.76. The van der Waals surface area contributed by atoms with Crippen LogP contribution in [-0.2, 0) is 6.42 Å². The number of fused-ring (bicyclic) bond motifs is 1. The second-order valence-corrected chi connectivity index (χ2v) is 4.95. The minimum Gasteiger partial charge on any atom is -0.508 e. The summed E-state index contributed by atoms with van der Waals surface area (Å²) in [5.41, 5.74) is 1.43. The second kappa shape index (κ2) is 5.75. The predicted molar refractivity (Wildman–Crippen MR) is 82.5 cm³/mol. The van der Waals surface area contributed by atoms with Crippen molar-refractivity contribution in [2.24, 2.45) is 0 Å². The van der Waals surface area contributed by atoms with Crippen molar-refractivity contribution in [1.82, 2.24) is 4.98 Å². The van der Waals surface area contributed by atoms with Gasteiger partial charge in [-0.3, -0.25) is 9.78 Å². The van der Waals surface area contributed by atoms with Gasteiger partial charge in [0.1, 0.15) is 5.75 Å². The average Bonchev–Trinajstić information content (AvgIpc) is 2.54. The van der Waals surface area contributed by atoms with Gasteiger partial charge in [-0.05, 0) is 35.4 Å². The Morgan fingerprint density at radius 1 is 1.05 bits per heavy atom. The molecule has 1 N–H and O–H groups in total. The molecule has 0 saturated carbocycles. The van der Waals surface area contributed by atoms with Crippen LogP contribution >= 0.6 is 0 Å². The van der Waals surface area contributed by atoms with Crippen LogP contribution < -0.4 is 0 Å². The molecule has 3 nitrogen and oxygen atoms in total. The summed E-state index contributed by atoms with van der Waals surface area (Å²) >= 11 is 0. The first-order valence-corrected chi connectivity index (χ1v) is 6.88. The lowest BCUT2D eigenvalue weighted by Gasteiger charge is -2.08. The number of phenolic OH excluding ortho intramolecular Hbond substituents is 1. The number of hydrogen-bond acceptors (Lipinski definition) is 3. The number of rotatable bonds is 4. The summed E-state index contributed by atoms with van der Waals surface area (Å²) in [6, 6.07) is 15.0. The molecule has 1 heterocycles. The number of aryl methyl sites for hydroxylation is 1. The average molecular weight is 277 g/mol. The van der Waals surface area contributed by atoms with E-state index in [2.05, 4.69) is 4.98 Å². The van der Waals surface area contributed by atoms with Crippen molar-refractivity contribution in [2.45, 2.75) is 12.8 Å². The zero-order chi connectivity index (χ0) is 14.7. The highest BCUT2D eigenvalue weighted by molar-refractivity contribution is 5.96. The Labute approximate surface area is 122 Å². The summed E-state index contributed by atoms with van der Waals surface area (Å²) in [5, 5.41) is 12.1. The fourth-order valence-corrected chi connectivity index (χ4v) is 2.50. The zero-order valence-electron chi connectivity index (χ0n) is 11.5. The van der Waals surface area contributed by atoms with Gasteiger partial charge in [-0.2, -0.15) is 0 Å². The quantitative estimate of drug-likeness (QED) is 0.739. The van der Waals surface area contributed by atoms with Crippen molar-refractivity contribution < 1.29 is 9.90 Å². The Morgan fingerprint density at radius 2 is 1.90 bits per heavy atom. The van der Waals surface area contributed by atoms with Crippen molar-refractivity contribution in [3.05, 3.63) is 72.1 Å². The number of Topliss-reactive ketones (excluding diaryl/α,β-unsaturated/α-hetero) is 1. The Kier molecular flexibility index (Phi) is 3.65. The lowest BCUT2D eigenvalue weighted by Crippen LogP contribution is -2.02. The second-order valence-electron chi connectivity index (χ2n) is 4.95. The Bertz CT molecular complexity index is 782. The SMILES string of the molecule is O=C(CCc1c(O)ccc2ccccc12)c1cccnc1. The van der Waals surface area contributed by atoms with Gasteiger partial charge in [0.15, 0.2) is 5.78 Å². The molecule has 2 aromatic carbocycles. The molecule has 0 aliphatic heterocycles. The number of ketones is 1. The highest BCUT2D eigenvalue weighted by Crippen LogP contribution is 2.28. The summed E-state index contributed by atoms with van der Waals surface area (Å²) < 4.78 is 0. The Hall–Kier alpha value is -2.68. The van der Waals surface area contributed by atoms with Gasteiger partial charge >= 0.3 is 0 Å². The molecular weight excluding hydrogens is 262 g/mol. The molecule has 0 atom stereocenters. The Morgan fingerprint density at radius 3 is 2.71 bits per heavy atom. The third kappa shape index (κ3) is 2.77. The minimum atomic E-state index is 0.0374. The van der Waals surface area contributed by atoms with Gasteiger partial charge in [-0.15, -0.1) is 0 Å². The number of aromatic hydroxyl groups is 1. The van der Waals surface area contributed by atoms with Gasteiger partial charge < -0.3 is 5.11 Å². The molecule has 0 spiro atoms. The zero-order valence-corrected chi connectivity index (χ0v) is 11.5. The van der Waals surface area contributed by atoms with Crippen LogP contribution in [0.3, 0.4) is 0 Å². The van der Waals surface area contributed by atoms with Crippen molar-refractivity contribution >= 4 is 16.6 Å². The molecule has 21 heavy (non-hydrogen) atoms. The molecule has 1 aromatic heterocycles.